The molecule has 1 heterocycles. The molecule has 8 atom stereocenters. The first kappa shape index (κ1) is 23.5. The van der Waals surface area contributed by atoms with E-state index in [-0.39, 0.29) is 11.3 Å². The molecule has 5 rings (SSSR count). The second kappa shape index (κ2) is 8.96. The molecule has 1 aromatic heterocycles. The van der Waals surface area contributed by atoms with E-state index >= 15 is 0 Å². The normalized spacial score (nSPS) is 42.5. The summed E-state index contributed by atoms with van der Waals surface area (Å²) in [5.41, 5.74) is 1.10. The highest BCUT2D eigenvalue weighted by Gasteiger charge is 2.60. The maximum atomic E-state index is 13.3. The maximum Gasteiger partial charge on any atom is 0.162 e. The van der Waals surface area contributed by atoms with Crippen molar-refractivity contribution in [3.63, 3.8) is 0 Å². The van der Waals surface area contributed by atoms with Crippen LogP contribution in [-0.4, -0.2) is 15.6 Å². The summed E-state index contributed by atoms with van der Waals surface area (Å²) in [6, 6.07) is 3.76. The molecule has 0 spiro atoms. The van der Waals surface area contributed by atoms with Crippen molar-refractivity contribution in [1.29, 1.82) is 5.26 Å². The molecule has 4 aliphatic rings. The average Bonchev–Trinajstić information content (AvgIpc) is 3.39. The molecule has 0 aliphatic heterocycles. The molecule has 0 bridgehead atoms. The summed E-state index contributed by atoms with van der Waals surface area (Å²) in [4.78, 5) is 13.3. The Morgan fingerprint density at radius 2 is 1.81 bits per heavy atom. The third-order valence-corrected chi connectivity index (χ3v) is 10.4. The SMILES string of the molecule is CC.CC1CCC2(C)C(CCC3C2CCC2(C)C(C(=O)Cn4ccc(C#N)n4)CCC32)C1. The fraction of sp³-hybridized carbons (Fsp3) is 0.821. The molecule has 4 heteroatoms. The van der Waals surface area contributed by atoms with Gasteiger partial charge in [-0.2, -0.15) is 10.4 Å². The third kappa shape index (κ3) is 3.74. The van der Waals surface area contributed by atoms with Gasteiger partial charge in [0.1, 0.15) is 6.07 Å². The minimum atomic E-state index is 0.161. The van der Waals surface area contributed by atoms with Gasteiger partial charge in [-0.05, 0) is 97.9 Å². The van der Waals surface area contributed by atoms with Crippen LogP contribution < -0.4 is 0 Å². The van der Waals surface area contributed by atoms with Gasteiger partial charge in [0.2, 0.25) is 0 Å². The van der Waals surface area contributed by atoms with E-state index in [2.05, 4.69) is 31.9 Å². The Labute approximate surface area is 195 Å². The lowest BCUT2D eigenvalue weighted by Crippen LogP contribution is -2.53. The number of nitrogens with zero attached hydrogens (tertiary/aromatic N) is 3. The fourth-order valence-corrected chi connectivity index (χ4v) is 8.78. The van der Waals surface area contributed by atoms with Crippen molar-refractivity contribution in [2.24, 2.45) is 46.3 Å². The number of carbonyl (C=O) groups excluding carboxylic acids is 1. The minimum absolute atomic E-state index is 0.161. The quantitative estimate of drug-likeness (QED) is 0.532. The third-order valence-electron chi connectivity index (χ3n) is 10.4. The minimum Gasteiger partial charge on any atom is -0.297 e. The number of carbonyl (C=O) groups is 1. The molecule has 4 saturated carbocycles. The van der Waals surface area contributed by atoms with Crippen LogP contribution in [0.25, 0.3) is 0 Å². The van der Waals surface area contributed by atoms with Crippen LogP contribution in [0.5, 0.6) is 0 Å². The van der Waals surface area contributed by atoms with Gasteiger partial charge in [-0.3, -0.25) is 9.48 Å². The maximum absolute atomic E-state index is 13.3. The first-order valence-electron chi connectivity index (χ1n) is 13.3. The second-order valence-corrected chi connectivity index (χ2v) is 11.7. The predicted molar refractivity (Wildman–Crippen MR) is 128 cm³/mol. The van der Waals surface area contributed by atoms with Crippen LogP contribution in [0.15, 0.2) is 12.3 Å². The van der Waals surface area contributed by atoms with E-state index in [4.69, 9.17) is 5.26 Å². The number of hydrogen-bond acceptors (Lipinski definition) is 3. The molecule has 0 aromatic carbocycles. The summed E-state index contributed by atoms with van der Waals surface area (Å²) in [5, 5.41) is 13.2. The molecular formula is C28H43N3O. The highest BCUT2D eigenvalue weighted by Crippen LogP contribution is 2.67. The molecule has 0 amide bonds. The second-order valence-electron chi connectivity index (χ2n) is 11.7. The summed E-state index contributed by atoms with van der Waals surface area (Å²) >= 11 is 0. The summed E-state index contributed by atoms with van der Waals surface area (Å²) in [5.74, 6) is 4.75. The number of Topliss-reactive ketones (excluding diaryl/α,β-unsaturated/α-hetero) is 1. The summed E-state index contributed by atoms with van der Waals surface area (Å²) < 4.78 is 1.67. The van der Waals surface area contributed by atoms with E-state index in [0.717, 1.165) is 36.0 Å². The summed E-state index contributed by atoms with van der Waals surface area (Å²) in [7, 11) is 0. The number of fused-ring (bicyclic) bond motifs is 5. The molecule has 0 saturated heterocycles. The monoisotopic (exact) mass is 437 g/mol. The van der Waals surface area contributed by atoms with Crippen molar-refractivity contribution in [1.82, 2.24) is 9.78 Å². The Hall–Kier alpha value is -1.63. The molecule has 4 fully saturated rings. The van der Waals surface area contributed by atoms with Crippen molar-refractivity contribution >= 4 is 5.78 Å². The zero-order valence-corrected chi connectivity index (χ0v) is 20.9. The molecule has 32 heavy (non-hydrogen) atoms. The van der Waals surface area contributed by atoms with Gasteiger partial charge in [0, 0.05) is 12.1 Å². The standard InChI is InChI=1S/C26H37N3O.C2H6/c1-17-8-11-25(2)18(14-17)4-5-20-21-6-7-23(26(21,3)12-9-22(20)25)24(30)16-29-13-10-19(15-27)28-29;1-2/h10,13,17-18,20-23H,4-9,11-12,14,16H2,1-3H3;1-2H3. The Morgan fingerprint density at radius 3 is 2.53 bits per heavy atom. The van der Waals surface area contributed by atoms with E-state index in [1.165, 1.54) is 51.4 Å². The van der Waals surface area contributed by atoms with E-state index in [9.17, 15) is 4.79 Å². The van der Waals surface area contributed by atoms with Crippen LogP contribution in [0.4, 0.5) is 0 Å². The van der Waals surface area contributed by atoms with E-state index in [1.54, 1.807) is 16.9 Å². The lowest BCUT2D eigenvalue weighted by molar-refractivity contribution is -0.137. The van der Waals surface area contributed by atoms with Crippen molar-refractivity contribution in [2.45, 2.75) is 99.0 Å². The van der Waals surface area contributed by atoms with Crippen LogP contribution in [-0.2, 0) is 11.3 Å². The van der Waals surface area contributed by atoms with Crippen LogP contribution in [0, 0.1) is 57.7 Å². The number of hydrogen-bond donors (Lipinski definition) is 0. The molecule has 8 unspecified atom stereocenters. The predicted octanol–water partition coefficient (Wildman–Crippen LogP) is 6.65. The largest absolute Gasteiger partial charge is 0.297 e. The number of aromatic nitrogens is 2. The molecular weight excluding hydrogens is 394 g/mol. The summed E-state index contributed by atoms with van der Waals surface area (Å²) in [6.45, 7) is 11.8. The molecule has 4 nitrogen and oxygen atoms in total. The molecule has 176 valence electrons. The van der Waals surface area contributed by atoms with Gasteiger partial charge in [0.05, 0.1) is 6.54 Å². The Balaban J connectivity index is 0.00000119. The number of nitriles is 1. The molecule has 1 aromatic rings. The van der Waals surface area contributed by atoms with Gasteiger partial charge in [0.25, 0.3) is 0 Å². The zero-order valence-electron chi connectivity index (χ0n) is 20.9. The highest BCUT2D eigenvalue weighted by atomic mass is 16.1. The van der Waals surface area contributed by atoms with Crippen LogP contribution in [0.2, 0.25) is 0 Å². The van der Waals surface area contributed by atoms with Gasteiger partial charge in [-0.25, -0.2) is 0 Å². The Bertz CT molecular complexity index is 868. The smallest absolute Gasteiger partial charge is 0.162 e. The van der Waals surface area contributed by atoms with Gasteiger partial charge < -0.3 is 0 Å². The molecule has 4 aliphatic carbocycles. The van der Waals surface area contributed by atoms with Crippen LogP contribution >= 0.6 is 0 Å². The van der Waals surface area contributed by atoms with Gasteiger partial charge in [-0.15, -0.1) is 0 Å². The van der Waals surface area contributed by atoms with Crippen molar-refractivity contribution in [2.75, 3.05) is 0 Å². The van der Waals surface area contributed by atoms with Gasteiger partial charge >= 0.3 is 0 Å². The Kier molecular flexibility index (Phi) is 6.59. The van der Waals surface area contributed by atoms with Crippen molar-refractivity contribution < 1.29 is 4.79 Å². The van der Waals surface area contributed by atoms with Gasteiger partial charge in [0.15, 0.2) is 11.5 Å². The first-order valence-corrected chi connectivity index (χ1v) is 13.3. The van der Waals surface area contributed by atoms with Crippen molar-refractivity contribution in [3.8, 4) is 6.07 Å². The zero-order chi connectivity index (χ0) is 23.1. The Morgan fingerprint density at radius 1 is 1.09 bits per heavy atom. The molecule has 0 radical (unpaired) electrons. The molecule has 0 N–H and O–H groups in total. The number of rotatable bonds is 3. The fourth-order valence-electron chi connectivity index (χ4n) is 8.78. The van der Waals surface area contributed by atoms with Gasteiger partial charge in [-0.1, -0.05) is 41.0 Å². The van der Waals surface area contributed by atoms with Crippen LogP contribution in [0.3, 0.4) is 0 Å². The number of ketones is 1. The first-order chi connectivity index (χ1) is 15.3. The van der Waals surface area contributed by atoms with E-state index < -0.39 is 0 Å². The average molecular weight is 438 g/mol. The topological polar surface area (TPSA) is 58.7 Å². The highest BCUT2D eigenvalue weighted by molar-refractivity contribution is 5.82. The lowest BCUT2D eigenvalue weighted by Gasteiger charge is -2.61. The van der Waals surface area contributed by atoms with E-state index in [1.807, 2.05) is 13.8 Å². The lowest BCUT2D eigenvalue weighted by atomic mass is 9.44. The van der Waals surface area contributed by atoms with Crippen molar-refractivity contribution in [3.05, 3.63) is 18.0 Å². The van der Waals surface area contributed by atoms with E-state index in [0.29, 0.717) is 23.4 Å². The summed E-state index contributed by atoms with van der Waals surface area (Å²) in [6.07, 6.45) is 13.7. The van der Waals surface area contributed by atoms with Crippen LogP contribution in [0.1, 0.15) is 98.1 Å².